The molecule has 0 saturated carbocycles. The lowest BCUT2D eigenvalue weighted by Crippen LogP contribution is -1.94. The van der Waals surface area contributed by atoms with Crippen molar-refractivity contribution in [3.63, 3.8) is 0 Å². The van der Waals surface area contributed by atoms with E-state index in [-0.39, 0.29) is 0 Å². The topological polar surface area (TPSA) is 12.9 Å². The Bertz CT molecular complexity index is 2590. The summed E-state index contributed by atoms with van der Waals surface area (Å²) in [6.07, 6.45) is 2.94. The highest BCUT2D eigenvalue weighted by Gasteiger charge is 2.20. The summed E-state index contributed by atoms with van der Waals surface area (Å²) in [5.74, 6) is 0. The second kappa shape index (κ2) is 11.6. The van der Waals surface area contributed by atoms with Gasteiger partial charge in [-0.15, -0.1) is 0 Å². The zero-order valence-electron chi connectivity index (χ0n) is 26.8. The van der Waals surface area contributed by atoms with Gasteiger partial charge in [-0.2, -0.15) is 0 Å². The highest BCUT2D eigenvalue weighted by atomic mass is 14.7. The van der Waals surface area contributed by atoms with Crippen molar-refractivity contribution < 1.29 is 0 Å². The maximum atomic E-state index is 4.95. The molecule has 1 heteroatoms. The molecule has 9 aromatic rings. The zero-order chi connectivity index (χ0) is 32.0. The van der Waals surface area contributed by atoms with Crippen LogP contribution < -0.4 is 0 Å². The molecule has 0 aliphatic rings. The molecule has 0 fully saturated rings. The number of pyridine rings is 1. The first-order chi connectivity index (χ1) is 23.8. The smallest absolute Gasteiger partial charge is 0.0786 e. The fourth-order valence-electron chi connectivity index (χ4n) is 7.59. The summed E-state index contributed by atoms with van der Waals surface area (Å²) in [6, 6.07) is 59.9. The number of hydrogen-bond acceptors (Lipinski definition) is 1. The van der Waals surface area contributed by atoms with Gasteiger partial charge in [-0.05, 0) is 95.0 Å². The predicted octanol–water partition coefficient (Wildman–Crippen LogP) is 12.9. The second-order valence-electron chi connectivity index (χ2n) is 12.6. The van der Waals surface area contributed by atoms with Crippen LogP contribution >= 0.6 is 0 Å². The van der Waals surface area contributed by atoms with Crippen molar-refractivity contribution in [3.05, 3.63) is 176 Å². The summed E-state index contributed by atoms with van der Waals surface area (Å²) in [6.45, 7) is 2.21. The third-order valence-electron chi connectivity index (χ3n) is 9.87. The molecule has 0 bridgehead atoms. The number of aryl methyl sites for hydroxylation is 1. The van der Waals surface area contributed by atoms with Gasteiger partial charge < -0.3 is 0 Å². The lowest BCUT2D eigenvalue weighted by Gasteiger charge is -2.20. The Balaban J connectivity index is 1.31. The first-order valence-corrected chi connectivity index (χ1v) is 16.8. The molecule has 0 radical (unpaired) electrons. The first-order valence-electron chi connectivity index (χ1n) is 16.8. The van der Waals surface area contributed by atoms with Gasteiger partial charge in [0, 0.05) is 17.3 Å². The van der Waals surface area contributed by atoms with Crippen molar-refractivity contribution in [2.75, 3.05) is 0 Å². The summed E-state index contributed by atoms with van der Waals surface area (Å²) < 4.78 is 0. The van der Waals surface area contributed by atoms with Crippen LogP contribution in [0.15, 0.2) is 170 Å². The lowest BCUT2D eigenvalue weighted by atomic mass is 9.83. The highest BCUT2D eigenvalue weighted by Crippen LogP contribution is 2.47. The van der Waals surface area contributed by atoms with Crippen LogP contribution in [0.25, 0.3) is 87.7 Å². The van der Waals surface area contributed by atoms with Crippen LogP contribution in [0.2, 0.25) is 0 Å². The van der Waals surface area contributed by atoms with Crippen molar-refractivity contribution in [3.8, 4) is 44.6 Å². The Labute approximate surface area is 280 Å². The average Bonchev–Trinajstić information content (AvgIpc) is 3.16. The van der Waals surface area contributed by atoms with Crippen LogP contribution in [0.3, 0.4) is 0 Å². The van der Waals surface area contributed by atoms with Crippen LogP contribution in [0, 0.1) is 0 Å². The van der Waals surface area contributed by atoms with Crippen molar-refractivity contribution >= 4 is 43.1 Å². The number of rotatable bonds is 5. The third kappa shape index (κ3) is 4.59. The maximum Gasteiger partial charge on any atom is 0.0786 e. The van der Waals surface area contributed by atoms with E-state index < -0.39 is 0 Å². The summed E-state index contributed by atoms with van der Waals surface area (Å²) in [7, 11) is 0. The molecule has 0 aliphatic carbocycles. The fraction of sp³-hybridized carbons (Fsp3) is 0.0426. The van der Waals surface area contributed by atoms with Crippen molar-refractivity contribution in [2.45, 2.75) is 13.3 Å². The first kappa shape index (κ1) is 28.2. The van der Waals surface area contributed by atoms with E-state index in [0.29, 0.717) is 0 Å². The predicted molar refractivity (Wildman–Crippen MR) is 205 cm³/mol. The number of nitrogens with zero attached hydrogens (tertiary/aromatic N) is 1. The van der Waals surface area contributed by atoms with Gasteiger partial charge in [0.25, 0.3) is 0 Å². The molecule has 226 valence electrons. The lowest BCUT2D eigenvalue weighted by molar-refractivity contribution is 1.15. The molecule has 0 amide bonds. The van der Waals surface area contributed by atoms with Crippen molar-refractivity contribution in [1.29, 1.82) is 0 Å². The van der Waals surface area contributed by atoms with Gasteiger partial charge in [-0.25, -0.2) is 0 Å². The quantitative estimate of drug-likeness (QED) is 0.176. The van der Waals surface area contributed by atoms with Gasteiger partial charge in [0.05, 0.1) is 5.69 Å². The van der Waals surface area contributed by atoms with Crippen LogP contribution in [0.4, 0.5) is 0 Å². The Morgan fingerprint density at radius 2 is 0.958 bits per heavy atom. The number of benzene rings is 8. The molecular formula is C47H33N. The number of aromatic nitrogens is 1. The minimum atomic E-state index is 0.999. The normalized spacial score (nSPS) is 11.5. The Morgan fingerprint density at radius 1 is 0.396 bits per heavy atom. The zero-order valence-corrected chi connectivity index (χ0v) is 26.8. The van der Waals surface area contributed by atoms with Crippen LogP contribution in [0.1, 0.15) is 12.5 Å². The molecule has 0 unspecified atom stereocenters. The molecule has 1 aromatic heterocycles. The summed E-state index contributed by atoms with van der Waals surface area (Å²) >= 11 is 0. The Hall–Kier alpha value is -6.05. The second-order valence-corrected chi connectivity index (χ2v) is 12.6. The van der Waals surface area contributed by atoms with Gasteiger partial charge in [0.1, 0.15) is 0 Å². The van der Waals surface area contributed by atoms with E-state index in [4.69, 9.17) is 4.98 Å². The standard InChI is InChI=1S/C47H33N/c1-2-31-22-23-34-30-35(25-24-33(34)29-31)45-39-17-8-10-19-41(39)46(42-20-11-9-18-40(42)45)43-26-27-44(38-16-7-6-15-37(38)43)47-36(21-12-28-48-47)32-13-4-3-5-14-32/h3-30H,2H2,1H3. The molecule has 0 saturated heterocycles. The largest absolute Gasteiger partial charge is 0.256 e. The van der Waals surface area contributed by atoms with Crippen LogP contribution in [-0.4, -0.2) is 4.98 Å². The molecule has 9 rings (SSSR count). The molecule has 1 nitrogen and oxygen atoms in total. The monoisotopic (exact) mass is 611 g/mol. The summed E-state index contributed by atoms with van der Waals surface area (Å²) in [5.41, 5.74) is 10.8. The van der Waals surface area contributed by atoms with Crippen molar-refractivity contribution in [2.24, 2.45) is 0 Å². The molecule has 0 spiro atoms. The molecular weight excluding hydrogens is 579 g/mol. The maximum absolute atomic E-state index is 4.95. The van der Waals surface area contributed by atoms with E-state index >= 15 is 0 Å². The van der Waals surface area contributed by atoms with E-state index in [2.05, 4.69) is 165 Å². The summed E-state index contributed by atoms with van der Waals surface area (Å²) in [5, 5.41) is 10.0. The van der Waals surface area contributed by atoms with Gasteiger partial charge in [-0.3, -0.25) is 4.98 Å². The fourth-order valence-corrected chi connectivity index (χ4v) is 7.59. The van der Waals surface area contributed by atoms with Gasteiger partial charge in [0.15, 0.2) is 0 Å². The molecule has 0 aliphatic heterocycles. The molecule has 0 atom stereocenters. The number of fused-ring (bicyclic) bond motifs is 4. The number of hydrogen-bond donors (Lipinski definition) is 0. The van der Waals surface area contributed by atoms with Crippen molar-refractivity contribution in [1.82, 2.24) is 4.98 Å². The molecule has 48 heavy (non-hydrogen) atoms. The van der Waals surface area contributed by atoms with E-state index in [1.165, 1.54) is 76.5 Å². The third-order valence-corrected chi connectivity index (χ3v) is 9.87. The molecule has 0 N–H and O–H groups in total. The van der Waals surface area contributed by atoms with E-state index in [1.807, 2.05) is 12.3 Å². The average molecular weight is 612 g/mol. The molecule has 8 aromatic carbocycles. The van der Waals surface area contributed by atoms with E-state index in [1.54, 1.807) is 0 Å². The van der Waals surface area contributed by atoms with E-state index in [9.17, 15) is 0 Å². The van der Waals surface area contributed by atoms with Gasteiger partial charge in [-0.1, -0.05) is 159 Å². The Morgan fingerprint density at radius 3 is 1.65 bits per heavy atom. The van der Waals surface area contributed by atoms with Gasteiger partial charge in [0.2, 0.25) is 0 Å². The van der Waals surface area contributed by atoms with E-state index in [0.717, 1.165) is 23.2 Å². The highest BCUT2D eigenvalue weighted by molar-refractivity contribution is 6.24. The minimum Gasteiger partial charge on any atom is -0.256 e. The Kier molecular flexibility index (Phi) is 6.83. The SMILES string of the molecule is CCc1ccc2cc(-c3c4ccccc4c(-c4ccc(-c5ncccc5-c5ccccc5)c5ccccc45)c4ccccc34)ccc2c1. The van der Waals surface area contributed by atoms with Crippen LogP contribution in [0.5, 0.6) is 0 Å². The van der Waals surface area contributed by atoms with Crippen LogP contribution in [-0.2, 0) is 6.42 Å². The molecule has 1 heterocycles. The summed E-state index contributed by atoms with van der Waals surface area (Å²) in [4.78, 5) is 4.95. The van der Waals surface area contributed by atoms with Gasteiger partial charge >= 0.3 is 0 Å². The minimum absolute atomic E-state index is 0.999.